The molecule has 8 nitrogen and oxygen atoms in total. The number of hydrogen-bond acceptors (Lipinski definition) is 7. The van der Waals surface area contributed by atoms with Crippen LogP contribution in [0.2, 0.25) is 0 Å². The molecule has 1 N–H and O–H groups in total. The maximum atomic E-state index is 13.2. The van der Waals surface area contributed by atoms with Gasteiger partial charge in [0.2, 0.25) is 0 Å². The van der Waals surface area contributed by atoms with Crippen LogP contribution in [0.4, 0.5) is 0 Å². The van der Waals surface area contributed by atoms with Gasteiger partial charge >= 0.3 is 5.97 Å². The van der Waals surface area contributed by atoms with E-state index in [9.17, 15) is 9.59 Å². The highest BCUT2D eigenvalue weighted by atomic mass is 16.5. The average molecular weight is 484 g/mol. The van der Waals surface area contributed by atoms with E-state index in [2.05, 4.69) is 10.5 Å². The van der Waals surface area contributed by atoms with Crippen molar-refractivity contribution in [3.05, 3.63) is 89.5 Å². The van der Waals surface area contributed by atoms with E-state index in [1.54, 1.807) is 38.5 Å². The van der Waals surface area contributed by atoms with E-state index in [0.29, 0.717) is 44.8 Å². The van der Waals surface area contributed by atoms with Gasteiger partial charge in [0.15, 0.2) is 0 Å². The number of benzene rings is 3. The van der Waals surface area contributed by atoms with Crippen molar-refractivity contribution < 1.29 is 23.8 Å². The van der Waals surface area contributed by atoms with Crippen LogP contribution in [-0.2, 0) is 16.1 Å². The summed E-state index contributed by atoms with van der Waals surface area (Å²) in [5, 5.41) is 4.84. The number of methoxy groups -OCH3 is 2. The number of carbonyl (C=O) groups is 2. The normalized spacial score (nSPS) is 10.9. The Hall–Kier alpha value is -4.72. The molecule has 0 radical (unpaired) electrons. The summed E-state index contributed by atoms with van der Waals surface area (Å²) in [5.74, 6) is 0.480. The lowest BCUT2D eigenvalue weighted by atomic mass is 10.0. The van der Waals surface area contributed by atoms with E-state index < -0.39 is 0 Å². The number of amides is 1. The van der Waals surface area contributed by atoms with Crippen LogP contribution in [0.5, 0.6) is 11.5 Å². The molecule has 1 amide bonds. The molecule has 4 rings (SSSR count). The molecule has 1 aromatic heterocycles. The molecule has 0 aliphatic heterocycles. The first-order valence-electron chi connectivity index (χ1n) is 11.2. The van der Waals surface area contributed by atoms with Crippen LogP contribution in [0, 0.1) is 0 Å². The van der Waals surface area contributed by atoms with Crippen molar-refractivity contribution in [3.8, 4) is 22.8 Å². The predicted octanol–water partition coefficient (Wildman–Crippen LogP) is 4.75. The Kier molecular flexibility index (Phi) is 7.55. The first-order valence-corrected chi connectivity index (χ1v) is 11.2. The predicted molar refractivity (Wildman–Crippen MR) is 137 cm³/mol. The fourth-order valence-electron chi connectivity index (χ4n) is 3.75. The van der Waals surface area contributed by atoms with Gasteiger partial charge in [0, 0.05) is 23.4 Å². The van der Waals surface area contributed by atoms with Gasteiger partial charge in [0.25, 0.3) is 5.91 Å². The van der Waals surface area contributed by atoms with Crippen molar-refractivity contribution in [1.29, 1.82) is 0 Å². The largest absolute Gasteiger partial charge is 0.496 e. The van der Waals surface area contributed by atoms with Gasteiger partial charge < -0.3 is 14.2 Å². The summed E-state index contributed by atoms with van der Waals surface area (Å²) in [7, 11) is 3.14. The average Bonchev–Trinajstić information content (AvgIpc) is 2.91. The van der Waals surface area contributed by atoms with Crippen LogP contribution in [0.3, 0.4) is 0 Å². The maximum absolute atomic E-state index is 13.2. The Bertz CT molecular complexity index is 1450. The van der Waals surface area contributed by atoms with E-state index in [-0.39, 0.29) is 18.5 Å². The second kappa shape index (κ2) is 11.1. The molecule has 0 fully saturated rings. The van der Waals surface area contributed by atoms with Gasteiger partial charge in [-0.05, 0) is 48.0 Å². The number of ether oxygens (including phenoxy) is 3. The van der Waals surface area contributed by atoms with E-state index >= 15 is 0 Å². The molecule has 0 spiro atoms. The van der Waals surface area contributed by atoms with Crippen LogP contribution in [-0.4, -0.2) is 37.3 Å². The zero-order valence-corrected chi connectivity index (χ0v) is 20.1. The van der Waals surface area contributed by atoms with Crippen molar-refractivity contribution in [3.63, 3.8) is 0 Å². The molecule has 1 heterocycles. The molecule has 0 saturated heterocycles. The number of esters is 1. The molecular formula is C28H25N3O5. The number of fused-ring (bicyclic) bond motifs is 1. The first-order chi connectivity index (χ1) is 17.5. The number of hydrazone groups is 1. The lowest BCUT2D eigenvalue weighted by Gasteiger charge is -2.11. The van der Waals surface area contributed by atoms with Crippen molar-refractivity contribution in [2.24, 2.45) is 5.10 Å². The lowest BCUT2D eigenvalue weighted by Crippen LogP contribution is -2.18. The summed E-state index contributed by atoms with van der Waals surface area (Å²) >= 11 is 0. The second-order valence-corrected chi connectivity index (χ2v) is 7.82. The molecule has 0 unspecified atom stereocenters. The minimum atomic E-state index is -0.388. The molecule has 8 heteroatoms. The molecule has 3 aromatic carbocycles. The van der Waals surface area contributed by atoms with E-state index in [0.717, 1.165) is 5.56 Å². The molecule has 4 aromatic rings. The first kappa shape index (κ1) is 24.4. The minimum absolute atomic E-state index is 0.0707. The van der Waals surface area contributed by atoms with E-state index in [4.69, 9.17) is 19.2 Å². The van der Waals surface area contributed by atoms with Gasteiger partial charge in [0.1, 0.15) is 18.1 Å². The van der Waals surface area contributed by atoms with Gasteiger partial charge in [-0.15, -0.1) is 0 Å². The van der Waals surface area contributed by atoms with Gasteiger partial charge in [-0.1, -0.05) is 30.3 Å². The number of carbonyl (C=O) groups excluding carboxylic acids is 2. The number of rotatable bonds is 8. The van der Waals surface area contributed by atoms with Crippen molar-refractivity contribution in [2.45, 2.75) is 13.5 Å². The quantitative estimate of drug-likeness (QED) is 0.221. The Morgan fingerprint density at radius 1 is 0.944 bits per heavy atom. The molecule has 0 bridgehead atoms. The summed E-state index contributed by atoms with van der Waals surface area (Å²) in [5.41, 5.74) is 6.50. The van der Waals surface area contributed by atoms with Crippen molar-refractivity contribution in [1.82, 2.24) is 10.4 Å². The number of para-hydroxylation sites is 2. The number of aromatic nitrogens is 1. The van der Waals surface area contributed by atoms with Crippen LogP contribution in [0.1, 0.15) is 28.4 Å². The topological polar surface area (TPSA) is 99.1 Å². The van der Waals surface area contributed by atoms with Crippen LogP contribution < -0.4 is 14.9 Å². The molecule has 36 heavy (non-hydrogen) atoms. The second-order valence-electron chi connectivity index (χ2n) is 7.82. The molecule has 0 atom stereocenters. The van der Waals surface area contributed by atoms with Gasteiger partial charge in [-0.2, -0.15) is 5.10 Å². The zero-order valence-electron chi connectivity index (χ0n) is 20.1. The Morgan fingerprint density at radius 2 is 1.69 bits per heavy atom. The highest BCUT2D eigenvalue weighted by Crippen LogP contribution is 2.31. The monoisotopic (exact) mass is 483 g/mol. The van der Waals surface area contributed by atoms with Crippen molar-refractivity contribution >= 4 is 29.0 Å². The van der Waals surface area contributed by atoms with E-state index in [1.165, 1.54) is 13.1 Å². The third-order valence-corrected chi connectivity index (χ3v) is 5.46. The SMILES string of the molecule is COc1ccc(/C=N\NC(=O)c2cc(-c3ccccc3OC)nc3ccccc23)cc1COC(C)=O. The standard InChI is InChI=1S/C28H25N3O5/c1-18(32)36-17-20-14-19(12-13-26(20)34-2)16-29-31-28(33)23-15-25(22-9-5-7-11-27(22)35-3)30-24-10-6-4-8-21(23)24/h4-16H,17H2,1-3H3,(H,31,33)/b29-16-. The summed E-state index contributed by atoms with van der Waals surface area (Å²) in [6.45, 7) is 1.41. The molecule has 182 valence electrons. The zero-order chi connectivity index (χ0) is 25.5. The smallest absolute Gasteiger partial charge is 0.302 e. The van der Waals surface area contributed by atoms with Gasteiger partial charge in [0.05, 0.1) is 37.2 Å². The third-order valence-electron chi connectivity index (χ3n) is 5.46. The number of nitrogens with one attached hydrogen (secondary N) is 1. The fraction of sp³-hybridized carbons (Fsp3) is 0.143. The number of nitrogens with zero attached hydrogens (tertiary/aromatic N) is 2. The van der Waals surface area contributed by atoms with Gasteiger partial charge in [-0.25, -0.2) is 10.4 Å². The van der Waals surface area contributed by atoms with Crippen LogP contribution in [0.25, 0.3) is 22.2 Å². The Labute approximate surface area is 208 Å². The highest BCUT2D eigenvalue weighted by Gasteiger charge is 2.15. The van der Waals surface area contributed by atoms with Gasteiger partial charge in [-0.3, -0.25) is 9.59 Å². The molecule has 0 aliphatic rings. The highest BCUT2D eigenvalue weighted by molar-refractivity contribution is 6.07. The van der Waals surface area contributed by atoms with Crippen LogP contribution in [0.15, 0.2) is 77.9 Å². The maximum Gasteiger partial charge on any atom is 0.302 e. The molecule has 0 aliphatic carbocycles. The summed E-state index contributed by atoms with van der Waals surface area (Å²) < 4.78 is 15.9. The Balaban J connectivity index is 1.61. The number of pyridine rings is 1. The van der Waals surface area contributed by atoms with Crippen molar-refractivity contribution in [2.75, 3.05) is 14.2 Å². The lowest BCUT2D eigenvalue weighted by molar-refractivity contribution is -0.142. The summed E-state index contributed by atoms with van der Waals surface area (Å²) in [4.78, 5) is 29.1. The molecule has 0 saturated carbocycles. The minimum Gasteiger partial charge on any atom is -0.496 e. The number of hydrogen-bond donors (Lipinski definition) is 1. The van der Waals surface area contributed by atoms with Crippen LogP contribution >= 0.6 is 0 Å². The third kappa shape index (κ3) is 5.50. The summed E-state index contributed by atoms with van der Waals surface area (Å²) in [6, 6.07) is 22.0. The summed E-state index contributed by atoms with van der Waals surface area (Å²) in [6.07, 6.45) is 1.51. The Morgan fingerprint density at radius 3 is 2.47 bits per heavy atom. The van der Waals surface area contributed by atoms with E-state index in [1.807, 2.05) is 48.5 Å². The fourth-order valence-corrected chi connectivity index (χ4v) is 3.75. The molecular weight excluding hydrogens is 458 g/mol.